The first-order valence-corrected chi connectivity index (χ1v) is 8.41. The molecule has 0 saturated heterocycles. The summed E-state index contributed by atoms with van der Waals surface area (Å²) in [4.78, 5) is 13.7. The highest BCUT2D eigenvalue weighted by molar-refractivity contribution is 5.90. The Morgan fingerprint density at radius 1 is 1.27 bits per heavy atom. The van der Waals surface area contributed by atoms with E-state index in [1.807, 2.05) is 6.07 Å². The van der Waals surface area contributed by atoms with Crippen LogP contribution < -0.4 is 4.74 Å². The Hall–Kier alpha value is -1.55. The zero-order valence-corrected chi connectivity index (χ0v) is 13.5. The van der Waals surface area contributed by atoms with Gasteiger partial charge in [0.25, 0.3) is 0 Å². The van der Waals surface area contributed by atoms with Crippen molar-refractivity contribution in [2.45, 2.75) is 51.5 Å². The second kappa shape index (κ2) is 8.79. The topological polar surface area (TPSA) is 49.8 Å². The molecule has 4 nitrogen and oxygen atoms in total. The molecule has 0 bridgehead atoms. The van der Waals surface area contributed by atoms with Gasteiger partial charge in [0.05, 0.1) is 6.61 Å². The molecule has 4 heteroatoms. The molecule has 0 radical (unpaired) electrons. The van der Waals surface area contributed by atoms with E-state index in [1.165, 1.54) is 32.1 Å². The second-order valence-electron chi connectivity index (χ2n) is 5.92. The van der Waals surface area contributed by atoms with Gasteiger partial charge in [-0.1, -0.05) is 38.3 Å². The Bertz CT molecular complexity index is 469. The first kappa shape index (κ1) is 16.8. The lowest BCUT2D eigenvalue weighted by atomic mass is 9.94. The van der Waals surface area contributed by atoms with Crippen LogP contribution >= 0.6 is 0 Å². The first-order valence-electron chi connectivity index (χ1n) is 8.41. The molecular weight excluding hydrogens is 278 g/mol. The standard InChI is InChI=1S/C18H27NO3/c1-2-19(15-9-4-3-5-10-15)13-8-14-22-17-12-7-6-11-16(17)18(20)21/h6-7,11-12,15H,2-5,8-10,13-14H2,1H3,(H,20,21). The molecule has 1 N–H and O–H groups in total. The monoisotopic (exact) mass is 305 g/mol. The van der Waals surface area contributed by atoms with Crippen molar-refractivity contribution in [3.63, 3.8) is 0 Å². The van der Waals surface area contributed by atoms with Crippen molar-refractivity contribution in [1.29, 1.82) is 0 Å². The minimum absolute atomic E-state index is 0.238. The molecule has 1 aromatic carbocycles. The lowest BCUT2D eigenvalue weighted by Crippen LogP contribution is -2.37. The van der Waals surface area contributed by atoms with Crippen LogP contribution in [0.3, 0.4) is 0 Å². The summed E-state index contributed by atoms with van der Waals surface area (Å²) in [7, 11) is 0. The summed E-state index contributed by atoms with van der Waals surface area (Å²) in [6.45, 7) is 4.88. The fourth-order valence-corrected chi connectivity index (χ4v) is 3.26. The molecule has 1 aliphatic carbocycles. The molecule has 0 unspecified atom stereocenters. The van der Waals surface area contributed by atoms with Crippen molar-refractivity contribution in [1.82, 2.24) is 4.90 Å². The summed E-state index contributed by atoms with van der Waals surface area (Å²) in [5.41, 5.74) is 0.238. The van der Waals surface area contributed by atoms with Gasteiger partial charge in [-0.05, 0) is 37.9 Å². The number of para-hydroxylation sites is 1. The van der Waals surface area contributed by atoms with Crippen molar-refractivity contribution < 1.29 is 14.6 Å². The van der Waals surface area contributed by atoms with E-state index in [1.54, 1.807) is 18.2 Å². The van der Waals surface area contributed by atoms with Gasteiger partial charge in [0.1, 0.15) is 11.3 Å². The summed E-state index contributed by atoms with van der Waals surface area (Å²) >= 11 is 0. The van der Waals surface area contributed by atoms with Crippen LogP contribution in [0.25, 0.3) is 0 Å². The van der Waals surface area contributed by atoms with Crippen molar-refractivity contribution in [3.8, 4) is 5.75 Å². The smallest absolute Gasteiger partial charge is 0.339 e. The Balaban J connectivity index is 1.77. The maximum atomic E-state index is 11.1. The Kier molecular flexibility index (Phi) is 6.72. The summed E-state index contributed by atoms with van der Waals surface area (Å²) in [5, 5.41) is 9.13. The largest absolute Gasteiger partial charge is 0.493 e. The number of carboxylic acids is 1. The van der Waals surface area contributed by atoms with E-state index in [0.29, 0.717) is 12.4 Å². The summed E-state index contributed by atoms with van der Waals surface area (Å²) in [6.07, 6.45) is 7.64. The lowest BCUT2D eigenvalue weighted by Gasteiger charge is -2.33. The van der Waals surface area contributed by atoms with Gasteiger partial charge < -0.3 is 14.7 Å². The van der Waals surface area contributed by atoms with Crippen molar-refractivity contribution in [2.75, 3.05) is 19.7 Å². The van der Waals surface area contributed by atoms with E-state index in [2.05, 4.69) is 11.8 Å². The summed E-state index contributed by atoms with van der Waals surface area (Å²) in [5.74, 6) is -0.469. The van der Waals surface area contributed by atoms with E-state index in [0.717, 1.165) is 25.6 Å². The van der Waals surface area contributed by atoms with Gasteiger partial charge in [0, 0.05) is 12.6 Å². The SMILES string of the molecule is CCN(CCCOc1ccccc1C(=O)O)C1CCCCC1. The van der Waals surface area contributed by atoms with Gasteiger partial charge in [-0.25, -0.2) is 4.79 Å². The molecule has 1 aliphatic rings. The molecule has 1 saturated carbocycles. The maximum absolute atomic E-state index is 11.1. The molecule has 0 heterocycles. The molecule has 0 amide bonds. The molecule has 0 spiro atoms. The number of hydrogen-bond donors (Lipinski definition) is 1. The van der Waals surface area contributed by atoms with Crippen LogP contribution in [0.1, 0.15) is 55.8 Å². The molecule has 122 valence electrons. The highest BCUT2D eigenvalue weighted by Gasteiger charge is 2.19. The third-order valence-corrected chi connectivity index (χ3v) is 4.46. The van der Waals surface area contributed by atoms with Crippen LogP contribution in [-0.2, 0) is 0 Å². The molecular formula is C18H27NO3. The van der Waals surface area contributed by atoms with Crippen LogP contribution in [-0.4, -0.2) is 41.7 Å². The fourth-order valence-electron chi connectivity index (χ4n) is 3.26. The van der Waals surface area contributed by atoms with E-state index in [-0.39, 0.29) is 5.56 Å². The second-order valence-corrected chi connectivity index (χ2v) is 5.92. The van der Waals surface area contributed by atoms with Gasteiger partial charge in [-0.3, -0.25) is 0 Å². The zero-order chi connectivity index (χ0) is 15.8. The van der Waals surface area contributed by atoms with Gasteiger partial charge in [0.15, 0.2) is 0 Å². The Labute approximate surface area is 133 Å². The highest BCUT2D eigenvalue weighted by Crippen LogP contribution is 2.23. The lowest BCUT2D eigenvalue weighted by molar-refractivity contribution is 0.0692. The minimum Gasteiger partial charge on any atom is -0.493 e. The Morgan fingerprint density at radius 3 is 2.68 bits per heavy atom. The van der Waals surface area contributed by atoms with Crippen molar-refractivity contribution in [3.05, 3.63) is 29.8 Å². The van der Waals surface area contributed by atoms with E-state index < -0.39 is 5.97 Å². The highest BCUT2D eigenvalue weighted by atomic mass is 16.5. The average molecular weight is 305 g/mol. The van der Waals surface area contributed by atoms with Gasteiger partial charge >= 0.3 is 5.97 Å². The van der Waals surface area contributed by atoms with Crippen LogP contribution in [0.5, 0.6) is 5.75 Å². The maximum Gasteiger partial charge on any atom is 0.339 e. The zero-order valence-electron chi connectivity index (χ0n) is 13.5. The average Bonchev–Trinajstić information content (AvgIpc) is 2.56. The fraction of sp³-hybridized carbons (Fsp3) is 0.611. The molecule has 22 heavy (non-hydrogen) atoms. The van der Waals surface area contributed by atoms with E-state index in [4.69, 9.17) is 9.84 Å². The van der Waals surface area contributed by atoms with Gasteiger partial charge in [0.2, 0.25) is 0 Å². The van der Waals surface area contributed by atoms with Crippen molar-refractivity contribution >= 4 is 5.97 Å². The molecule has 0 atom stereocenters. The number of benzene rings is 1. The number of rotatable bonds is 8. The minimum atomic E-state index is -0.937. The van der Waals surface area contributed by atoms with Crippen LogP contribution in [0, 0.1) is 0 Å². The number of carboxylic acid groups (broad SMARTS) is 1. The number of nitrogens with zero attached hydrogens (tertiary/aromatic N) is 1. The molecule has 1 fully saturated rings. The predicted molar refractivity (Wildman–Crippen MR) is 87.6 cm³/mol. The molecule has 1 aromatic rings. The number of aromatic carboxylic acids is 1. The third-order valence-electron chi connectivity index (χ3n) is 4.46. The Morgan fingerprint density at radius 2 is 2.00 bits per heavy atom. The normalized spacial score (nSPS) is 15.9. The van der Waals surface area contributed by atoms with Crippen LogP contribution in [0.2, 0.25) is 0 Å². The number of hydrogen-bond acceptors (Lipinski definition) is 3. The quantitative estimate of drug-likeness (QED) is 0.742. The molecule has 2 rings (SSSR count). The van der Waals surface area contributed by atoms with Crippen LogP contribution in [0.4, 0.5) is 0 Å². The number of ether oxygens (including phenoxy) is 1. The summed E-state index contributed by atoms with van der Waals surface area (Å²) in [6, 6.07) is 7.56. The van der Waals surface area contributed by atoms with E-state index in [9.17, 15) is 4.79 Å². The molecule has 0 aliphatic heterocycles. The first-order chi connectivity index (χ1) is 10.7. The molecule has 0 aromatic heterocycles. The van der Waals surface area contributed by atoms with Crippen molar-refractivity contribution in [2.24, 2.45) is 0 Å². The number of carbonyl (C=O) groups is 1. The third kappa shape index (κ3) is 4.73. The van der Waals surface area contributed by atoms with Gasteiger partial charge in [-0.2, -0.15) is 0 Å². The van der Waals surface area contributed by atoms with Gasteiger partial charge in [-0.15, -0.1) is 0 Å². The van der Waals surface area contributed by atoms with Crippen LogP contribution in [0.15, 0.2) is 24.3 Å². The predicted octanol–water partition coefficient (Wildman–Crippen LogP) is 3.81. The summed E-state index contributed by atoms with van der Waals surface area (Å²) < 4.78 is 5.67. The van der Waals surface area contributed by atoms with E-state index >= 15 is 0 Å².